The number of sulfonamides is 1. The van der Waals surface area contributed by atoms with Gasteiger partial charge in [0, 0.05) is 10.6 Å². The van der Waals surface area contributed by atoms with Crippen molar-refractivity contribution < 1.29 is 17.9 Å². The number of hydrogen-bond acceptors (Lipinski definition) is 5. The molecule has 0 spiro atoms. The summed E-state index contributed by atoms with van der Waals surface area (Å²) in [7, 11) is -2.57. The van der Waals surface area contributed by atoms with Crippen LogP contribution in [0.1, 0.15) is 11.1 Å². The molecule has 0 bridgehead atoms. The Balaban J connectivity index is 1.74. The maximum Gasteiger partial charge on any atom is 0.280 e. The van der Waals surface area contributed by atoms with Gasteiger partial charge in [0.15, 0.2) is 0 Å². The number of halogens is 1. The molecule has 0 aromatic heterocycles. The second-order valence-electron chi connectivity index (χ2n) is 5.95. The lowest BCUT2D eigenvalue weighted by Crippen LogP contribution is -2.19. The Hall–Kier alpha value is -3.03. The third kappa shape index (κ3) is 5.49. The van der Waals surface area contributed by atoms with E-state index >= 15 is 0 Å². The van der Waals surface area contributed by atoms with E-state index in [0.29, 0.717) is 6.61 Å². The van der Waals surface area contributed by atoms with Crippen LogP contribution >= 0.6 is 11.6 Å². The zero-order valence-corrected chi connectivity index (χ0v) is 17.2. The Labute approximate surface area is 174 Å². The van der Waals surface area contributed by atoms with Crippen molar-refractivity contribution in [2.75, 3.05) is 7.11 Å². The number of nitrogens with one attached hydrogen (secondary N) is 1. The molecule has 0 amide bonds. The van der Waals surface area contributed by atoms with Gasteiger partial charge in [-0.15, -0.1) is 0 Å². The zero-order chi connectivity index (χ0) is 20.7. The largest absolute Gasteiger partial charge is 0.495 e. The van der Waals surface area contributed by atoms with E-state index in [0.717, 1.165) is 16.9 Å². The van der Waals surface area contributed by atoms with Crippen molar-refractivity contribution in [3.63, 3.8) is 0 Å². The van der Waals surface area contributed by atoms with Crippen molar-refractivity contribution in [1.29, 1.82) is 0 Å². The molecule has 0 unspecified atom stereocenters. The van der Waals surface area contributed by atoms with E-state index in [1.165, 1.54) is 25.5 Å². The smallest absolute Gasteiger partial charge is 0.280 e. The highest BCUT2D eigenvalue weighted by molar-refractivity contribution is 7.89. The standard InChI is InChI=1S/C21H19ClN2O4S/c1-27-20-12-11-18(22)13-21(20)29(25,26)24-23-14-16-7-5-6-8-17(16)15-28-19-9-3-2-4-10-19/h2-14,24H,15H2,1H3/b23-14+. The van der Waals surface area contributed by atoms with Crippen LogP contribution in [0, 0.1) is 0 Å². The first kappa shape index (κ1) is 20.7. The Morgan fingerprint density at radius 1 is 1.03 bits per heavy atom. The summed E-state index contributed by atoms with van der Waals surface area (Å²) in [6.07, 6.45) is 1.43. The van der Waals surface area contributed by atoms with Crippen molar-refractivity contribution in [2.24, 2.45) is 5.10 Å². The van der Waals surface area contributed by atoms with Crippen molar-refractivity contribution in [1.82, 2.24) is 4.83 Å². The predicted molar refractivity (Wildman–Crippen MR) is 113 cm³/mol. The van der Waals surface area contributed by atoms with Gasteiger partial charge in [-0.2, -0.15) is 18.4 Å². The minimum absolute atomic E-state index is 0.0923. The molecule has 0 heterocycles. The van der Waals surface area contributed by atoms with E-state index in [9.17, 15) is 8.42 Å². The van der Waals surface area contributed by atoms with Crippen LogP contribution in [0.5, 0.6) is 11.5 Å². The number of ether oxygens (including phenoxy) is 2. The molecule has 0 aliphatic carbocycles. The summed E-state index contributed by atoms with van der Waals surface area (Å²) in [5.74, 6) is 0.918. The number of rotatable bonds is 8. The van der Waals surface area contributed by atoms with Crippen LogP contribution in [0.25, 0.3) is 0 Å². The molecule has 1 N–H and O–H groups in total. The highest BCUT2D eigenvalue weighted by Crippen LogP contribution is 2.26. The van der Waals surface area contributed by atoms with Crippen molar-refractivity contribution in [3.8, 4) is 11.5 Å². The summed E-state index contributed by atoms with van der Waals surface area (Å²) in [4.78, 5) is 2.10. The normalized spacial score (nSPS) is 11.4. The molecule has 0 fully saturated rings. The number of methoxy groups -OCH3 is 1. The molecule has 3 aromatic carbocycles. The molecule has 0 saturated carbocycles. The van der Waals surface area contributed by atoms with E-state index in [1.807, 2.05) is 54.6 Å². The number of hydrazone groups is 1. The Kier molecular flexibility index (Phi) is 6.74. The molecule has 8 heteroatoms. The van der Waals surface area contributed by atoms with E-state index in [4.69, 9.17) is 21.1 Å². The first-order chi connectivity index (χ1) is 14.0. The Bertz CT molecular complexity index is 1100. The van der Waals surface area contributed by atoms with Gasteiger partial charge < -0.3 is 9.47 Å². The second kappa shape index (κ2) is 9.45. The fourth-order valence-electron chi connectivity index (χ4n) is 2.54. The monoisotopic (exact) mass is 430 g/mol. The fraction of sp³-hybridized carbons (Fsp3) is 0.0952. The fourth-order valence-corrected chi connectivity index (χ4v) is 3.77. The van der Waals surface area contributed by atoms with E-state index in [-0.39, 0.29) is 15.7 Å². The second-order valence-corrected chi connectivity index (χ2v) is 8.01. The summed E-state index contributed by atoms with van der Waals surface area (Å²) in [5.41, 5.74) is 1.59. The number of hydrogen-bond donors (Lipinski definition) is 1. The SMILES string of the molecule is COc1ccc(Cl)cc1S(=O)(=O)N/N=C/c1ccccc1COc1ccccc1. The highest BCUT2D eigenvalue weighted by Gasteiger charge is 2.19. The van der Waals surface area contributed by atoms with Crippen LogP contribution in [-0.4, -0.2) is 21.7 Å². The van der Waals surface area contributed by atoms with Gasteiger partial charge in [0.25, 0.3) is 10.0 Å². The van der Waals surface area contributed by atoms with Crippen LogP contribution in [0.3, 0.4) is 0 Å². The summed E-state index contributed by atoms with van der Waals surface area (Å²) in [5, 5.41) is 4.17. The third-order valence-corrected chi connectivity index (χ3v) is 5.46. The van der Waals surface area contributed by atoms with Gasteiger partial charge in [-0.3, -0.25) is 0 Å². The van der Waals surface area contributed by atoms with Crippen LogP contribution in [0.2, 0.25) is 5.02 Å². The molecule has 0 radical (unpaired) electrons. The van der Waals surface area contributed by atoms with Gasteiger partial charge in [-0.05, 0) is 35.9 Å². The molecule has 0 aliphatic rings. The predicted octanol–water partition coefficient (Wildman–Crippen LogP) is 4.24. The van der Waals surface area contributed by atoms with Gasteiger partial charge in [0.1, 0.15) is 23.0 Å². The number of nitrogens with zero attached hydrogens (tertiary/aromatic N) is 1. The van der Waals surface area contributed by atoms with E-state index in [2.05, 4.69) is 9.93 Å². The van der Waals surface area contributed by atoms with Crippen molar-refractivity contribution in [2.45, 2.75) is 11.5 Å². The van der Waals surface area contributed by atoms with Gasteiger partial charge in [-0.1, -0.05) is 54.1 Å². The molecular weight excluding hydrogens is 412 g/mol. The number of benzene rings is 3. The van der Waals surface area contributed by atoms with Crippen LogP contribution in [0.15, 0.2) is 82.8 Å². The van der Waals surface area contributed by atoms with Gasteiger partial charge in [0.2, 0.25) is 0 Å². The zero-order valence-electron chi connectivity index (χ0n) is 15.6. The molecule has 150 valence electrons. The number of para-hydroxylation sites is 1. The summed E-state index contributed by atoms with van der Waals surface area (Å²) in [6, 6.07) is 21.2. The summed E-state index contributed by atoms with van der Waals surface area (Å²) >= 11 is 5.92. The third-order valence-electron chi connectivity index (χ3n) is 3.98. The Morgan fingerprint density at radius 2 is 1.76 bits per heavy atom. The molecule has 0 aliphatic heterocycles. The molecule has 29 heavy (non-hydrogen) atoms. The Morgan fingerprint density at radius 3 is 2.52 bits per heavy atom. The average molecular weight is 431 g/mol. The molecule has 6 nitrogen and oxygen atoms in total. The van der Waals surface area contributed by atoms with Crippen LogP contribution in [0.4, 0.5) is 0 Å². The van der Waals surface area contributed by atoms with Crippen molar-refractivity contribution >= 4 is 27.8 Å². The van der Waals surface area contributed by atoms with Gasteiger partial charge >= 0.3 is 0 Å². The van der Waals surface area contributed by atoms with Crippen molar-refractivity contribution in [3.05, 3.63) is 88.9 Å². The summed E-state index contributed by atoms with van der Waals surface area (Å²) < 4.78 is 36.0. The average Bonchev–Trinajstić information content (AvgIpc) is 2.73. The minimum atomic E-state index is -3.95. The maximum absolute atomic E-state index is 12.6. The molecule has 0 atom stereocenters. The van der Waals surface area contributed by atoms with E-state index in [1.54, 1.807) is 6.07 Å². The maximum atomic E-state index is 12.6. The van der Waals surface area contributed by atoms with Crippen LogP contribution in [-0.2, 0) is 16.6 Å². The van der Waals surface area contributed by atoms with E-state index < -0.39 is 10.0 Å². The van der Waals surface area contributed by atoms with Gasteiger partial charge in [0.05, 0.1) is 13.3 Å². The lowest BCUT2D eigenvalue weighted by molar-refractivity contribution is 0.306. The molecular formula is C21H19ClN2O4S. The first-order valence-electron chi connectivity index (χ1n) is 8.64. The van der Waals surface area contributed by atoms with Gasteiger partial charge in [-0.25, -0.2) is 0 Å². The summed E-state index contributed by atoms with van der Waals surface area (Å²) in [6.45, 7) is 0.321. The minimum Gasteiger partial charge on any atom is -0.495 e. The lowest BCUT2D eigenvalue weighted by atomic mass is 10.1. The molecule has 3 aromatic rings. The van der Waals surface area contributed by atoms with Crippen LogP contribution < -0.4 is 14.3 Å². The molecule has 0 saturated heterocycles. The quantitative estimate of drug-likeness (QED) is 0.428. The molecule has 3 rings (SSSR count). The lowest BCUT2D eigenvalue weighted by Gasteiger charge is -2.10. The highest BCUT2D eigenvalue weighted by atomic mass is 35.5. The topological polar surface area (TPSA) is 77.0 Å². The first-order valence-corrected chi connectivity index (χ1v) is 10.5.